The molecule has 0 bridgehead atoms. The Balaban J connectivity index is 2.61. The van der Waals surface area contributed by atoms with Crippen molar-refractivity contribution in [3.05, 3.63) is 15.8 Å². The molecule has 0 radical (unpaired) electrons. The van der Waals surface area contributed by atoms with Gasteiger partial charge in [-0.3, -0.25) is 4.90 Å². The van der Waals surface area contributed by atoms with Crippen molar-refractivity contribution in [1.29, 1.82) is 0 Å². The highest BCUT2D eigenvalue weighted by Gasteiger charge is 2.38. The van der Waals surface area contributed by atoms with E-state index in [2.05, 4.69) is 0 Å². The summed E-state index contributed by atoms with van der Waals surface area (Å²) in [6, 6.07) is 2.03. The number of carbonyl (C=O) groups excluding carboxylic acids is 1. The predicted octanol–water partition coefficient (Wildman–Crippen LogP) is 2.88. The van der Waals surface area contributed by atoms with Crippen LogP contribution >= 0.6 is 11.3 Å². The zero-order valence-electron chi connectivity index (χ0n) is 8.75. The third-order valence-corrected chi connectivity index (χ3v) is 3.70. The van der Waals surface area contributed by atoms with Crippen molar-refractivity contribution in [3.63, 3.8) is 0 Å². The van der Waals surface area contributed by atoms with Crippen molar-refractivity contribution < 1.29 is 9.53 Å². The van der Waals surface area contributed by atoms with Gasteiger partial charge in [-0.15, -0.1) is 11.3 Å². The number of cyclic esters (lactones) is 1. The van der Waals surface area contributed by atoms with Crippen LogP contribution in [0, 0.1) is 6.92 Å². The van der Waals surface area contributed by atoms with Crippen LogP contribution in [0.5, 0.6) is 0 Å². The highest BCUT2D eigenvalue weighted by molar-refractivity contribution is 7.12. The number of aryl methyl sites for hydroxylation is 1. The SMILES string of the molecule is Cc1cc2c(s1)C(C)(C)OC(=O)N2C. The third kappa shape index (κ3) is 1.21. The molecule has 0 saturated heterocycles. The summed E-state index contributed by atoms with van der Waals surface area (Å²) in [6.07, 6.45) is -0.277. The average Bonchev–Trinajstić information content (AvgIpc) is 2.44. The second kappa shape index (κ2) is 2.73. The van der Waals surface area contributed by atoms with Gasteiger partial charge in [0.15, 0.2) is 0 Å². The first-order valence-electron chi connectivity index (χ1n) is 4.49. The van der Waals surface area contributed by atoms with Crippen LogP contribution in [0.25, 0.3) is 0 Å². The van der Waals surface area contributed by atoms with Gasteiger partial charge in [-0.25, -0.2) is 4.79 Å². The normalized spacial score (nSPS) is 19.1. The summed E-state index contributed by atoms with van der Waals surface area (Å²) in [5.74, 6) is 0. The maximum Gasteiger partial charge on any atom is 0.414 e. The van der Waals surface area contributed by atoms with E-state index in [0.29, 0.717) is 0 Å². The molecule has 0 aliphatic carbocycles. The van der Waals surface area contributed by atoms with E-state index in [1.54, 1.807) is 23.3 Å². The van der Waals surface area contributed by atoms with Crippen LogP contribution in [-0.2, 0) is 10.3 Å². The maximum absolute atomic E-state index is 11.5. The highest BCUT2D eigenvalue weighted by atomic mass is 32.1. The molecular weight excluding hydrogens is 198 g/mol. The molecule has 14 heavy (non-hydrogen) atoms. The molecule has 1 aromatic heterocycles. The Bertz CT molecular complexity index is 395. The summed E-state index contributed by atoms with van der Waals surface area (Å²) in [7, 11) is 1.74. The molecule has 0 spiro atoms. The Morgan fingerprint density at radius 1 is 1.50 bits per heavy atom. The number of ether oxygens (including phenoxy) is 1. The third-order valence-electron chi connectivity index (χ3n) is 2.36. The molecule has 76 valence electrons. The molecule has 2 rings (SSSR count). The number of amides is 1. The Labute approximate surface area is 87.3 Å². The van der Waals surface area contributed by atoms with Gasteiger partial charge in [-0.2, -0.15) is 0 Å². The van der Waals surface area contributed by atoms with E-state index in [-0.39, 0.29) is 6.09 Å². The summed E-state index contributed by atoms with van der Waals surface area (Å²) in [5, 5.41) is 0. The van der Waals surface area contributed by atoms with Gasteiger partial charge < -0.3 is 4.74 Å². The molecule has 0 unspecified atom stereocenters. The Morgan fingerprint density at radius 3 is 2.79 bits per heavy atom. The number of anilines is 1. The van der Waals surface area contributed by atoms with Crippen LogP contribution in [0.15, 0.2) is 6.07 Å². The standard InChI is InChI=1S/C10H13NO2S/c1-6-5-7-8(14-6)10(2,3)13-9(12)11(7)4/h5H,1-4H3. The lowest BCUT2D eigenvalue weighted by Gasteiger charge is -2.34. The Kier molecular flexibility index (Phi) is 1.86. The number of nitrogens with zero attached hydrogens (tertiary/aromatic N) is 1. The van der Waals surface area contributed by atoms with Crippen molar-refractivity contribution in [2.45, 2.75) is 26.4 Å². The topological polar surface area (TPSA) is 29.5 Å². The highest BCUT2D eigenvalue weighted by Crippen LogP contribution is 2.43. The van der Waals surface area contributed by atoms with E-state index in [9.17, 15) is 4.79 Å². The van der Waals surface area contributed by atoms with Gasteiger partial charge in [0.05, 0.1) is 10.6 Å². The van der Waals surface area contributed by atoms with Crippen LogP contribution in [0.2, 0.25) is 0 Å². The largest absolute Gasteiger partial charge is 0.437 e. The molecule has 1 aliphatic heterocycles. The lowest BCUT2D eigenvalue weighted by atomic mass is 10.0. The van der Waals surface area contributed by atoms with Crippen molar-refractivity contribution in [2.75, 3.05) is 11.9 Å². The van der Waals surface area contributed by atoms with E-state index in [0.717, 1.165) is 10.6 Å². The number of fused-ring (bicyclic) bond motifs is 1. The summed E-state index contributed by atoms with van der Waals surface area (Å²) in [6.45, 7) is 5.89. The lowest BCUT2D eigenvalue weighted by Crippen LogP contribution is -2.40. The maximum atomic E-state index is 11.5. The first-order valence-corrected chi connectivity index (χ1v) is 5.31. The molecular formula is C10H13NO2S. The van der Waals surface area contributed by atoms with Gasteiger partial charge in [0.2, 0.25) is 0 Å². The predicted molar refractivity (Wildman–Crippen MR) is 57.0 cm³/mol. The monoisotopic (exact) mass is 211 g/mol. The summed E-state index contributed by atoms with van der Waals surface area (Å²) in [4.78, 5) is 15.4. The van der Waals surface area contributed by atoms with Gasteiger partial charge in [-0.05, 0) is 26.8 Å². The van der Waals surface area contributed by atoms with Crippen molar-refractivity contribution >= 4 is 23.1 Å². The van der Waals surface area contributed by atoms with E-state index in [4.69, 9.17) is 4.74 Å². The summed E-state index contributed by atoms with van der Waals surface area (Å²) in [5.41, 5.74) is 0.492. The Hall–Kier alpha value is -1.03. The van der Waals surface area contributed by atoms with Gasteiger partial charge in [0.1, 0.15) is 5.60 Å². The van der Waals surface area contributed by atoms with Crippen LogP contribution in [0.1, 0.15) is 23.6 Å². The molecule has 0 fully saturated rings. The lowest BCUT2D eigenvalue weighted by molar-refractivity contribution is 0.0392. The molecule has 0 saturated carbocycles. The van der Waals surface area contributed by atoms with Crippen LogP contribution in [0.3, 0.4) is 0 Å². The Morgan fingerprint density at radius 2 is 2.14 bits per heavy atom. The number of hydrogen-bond acceptors (Lipinski definition) is 3. The molecule has 3 nitrogen and oxygen atoms in total. The summed E-state index contributed by atoms with van der Waals surface area (Å²) >= 11 is 1.68. The average molecular weight is 211 g/mol. The second-order valence-corrected chi connectivity index (χ2v) is 5.27. The molecule has 2 heterocycles. The van der Waals surface area contributed by atoms with Gasteiger partial charge in [-0.1, -0.05) is 0 Å². The molecule has 1 aliphatic rings. The van der Waals surface area contributed by atoms with E-state index in [1.165, 1.54) is 4.88 Å². The number of hydrogen-bond donors (Lipinski definition) is 0. The first-order chi connectivity index (χ1) is 6.42. The first kappa shape index (κ1) is 9.52. The minimum absolute atomic E-state index is 0.277. The molecule has 0 aromatic carbocycles. The van der Waals surface area contributed by atoms with Crippen LogP contribution in [0.4, 0.5) is 10.5 Å². The molecule has 0 atom stereocenters. The fraction of sp³-hybridized carbons (Fsp3) is 0.500. The number of rotatable bonds is 0. The number of carbonyl (C=O) groups is 1. The van der Waals surface area contributed by atoms with Gasteiger partial charge in [0, 0.05) is 11.9 Å². The van der Waals surface area contributed by atoms with Crippen LogP contribution in [-0.4, -0.2) is 13.1 Å². The number of thiophene rings is 1. The molecule has 0 N–H and O–H groups in total. The van der Waals surface area contributed by atoms with Crippen LogP contribution < -0.4 is 4.90 Å². The van der Waals surface area contributed by atoms with Crippen molar-refractivity contribution in [2.24, 2.45) is 0 Å². The fourth-order valence-corrected chi connectivity index (χ4v) is 2.69. The summed E-state index contributed by atoms with van der Waals surface area (Å²) < 4.78 is 5.32. The quantitative estimate of drug-likeness (QED) is 0.660. The van der Waals surface area contributed by atoms with Gasteiger partial charge in [0.25, 0.3) is 0 Å². The fourth-order valence-electron chi connectivity index (χ4n) is 1.61. The smallest absolute Gasteiger partial charge is 0.414 e. The molecule has 1 aromatic rings. The van der Waals surface area contributed by atoms with Gasteiger partial charge >= 0.3 is 6.09 Å². The van der Waals surface area contributed by atoms with E-state index >= 15 is 0 Å². The minimum atomic E-state index is -0.488. The molecule has 4 heteroatoms. The zero-order valence-corrected chi connectivity index (χ0v) is 9.57. The second-order valence-electron chi connectivity index (χ2n) is 4.01. The van der Waals surface area contributed by atoms with E-state index in [1.807, 2.05) is 26.8 Å². The van der Waals surface area contributed by atoms with Crippen molar-refractivity contribution in [1.82, 2.24) is 0 Å². The zero-order chi connectivity index (χ0) is 10.5. The van der Waals surface area contributed by atoms with Crippen molar-refractivity contribution in [3.8, 4) is 0 Å². The van der Waals surface area contributed by atoms with E-state index < -0.39 is 5.60 Å². The molecule has 1 amide bonds. The minimum Gasteiger partial charge on any atom is -0.437 e.